The number of hydrogen-bond acceptors (Lipinski definition) is 3. The summed E-state index contributed by atoms with van der Waals surface area (Å²) in [5, 5.41) is 4.60. The molecule has 0 saturated carbocycles. The number of nitrogens with one attached hydrogen (secondary N) is 1. The minimum absolute atomic E-state index is 0.306. The fraction of sp³-hybridized carbons (Fsp3) is 0.125. The highest BCUT2D eigenvalue weighted by molar-refractivity contribution is 6.30. The molecular weight excluding hydrogens is 288 g/mol. The van der Waals surface area contributed by atoms with E-state index >= 15 is 0 Å². The van der Waals surface area contributed by atoms with Gasteiger partial charge in [0, 0.05) is 16.1 Å². The van der Waals surface area contributed by atoms with Gasteiger partial charge < -0.3 is 4.74 Å². The first-order valence-electron chi connectivity index (χ1n) is 6.35. The zero-order valence-electron chi connectivity index (χ0n) is 11.8. The highest BCUT2D eigenvalue weighted by Crippen LogP contribution is 2.13. The lowest BCUT2D eigenvalue weighted by Gasteiger charge is -2.05. The number of hydrogen-bond donors (Lipinski definition) is 1. The van der Waals surface area contributed by atoms with Gasteiger partial charge in [0.05, 0.1) is 12.8 Å². The molecule has 1 N–H and O–H groups in total. The highest BCUT2D eigenvalue weighted by atomic mass is 35.5. The molecule has 0 fully saturated rings. The quantitative estimate of drug-likeness (QED) is 0.694. The van der Waals surface area contributed by atoms with Crippen LogP contribution in [0, 0.1) is 0 Å². The second-order valence-electron chi connectivity index (χ2n) is 4.38. The van der Waals surface area contributed by atoms with Crippen molar-refractivity contribution in [2.24, 2.45) is 5.10 Å². The first kappa shape index (κ1) is 15.1. The molecule has 0 aliphatic carbocycles. The molecule has 0 aliphatic heterocycles. The Kier molecular flexibility index (Phi) is 4.95. The van der Waals surface area contributed by atoms with E-state index in [1.54, 1.807) is 31.4 Å². The van der Waals surface area contributed by atoms with E-state index in [1.807, 2.05) is 31.2 Å². The molecule has 2 aromatic carbocycles. The number of rotatable bonds is 4. The van der Waals surface area contributed by atoms with E-state index in [0.717, 1.165) is 11.3 Å². The maximum absolute atomic E-state index is 12.0. The zero-order valence-corrected chi connectivity index (χ0v) is 12.5. The van der Waals surface area contributed by atoms with Gasteiger partial charge in [0.1, 0.15) is 5.75 Å². The van der Waals surface area contributed by atoms with E-state index < -0.39 is 0 Å². The molecule has 0 spiro atoms. The summed E-state index contributed by atoms with van der Waals surface area (Å²) in [6.07, 6.45) is 0. The number of hydrazone groups is 1. The average Bonchev–Trinajstić information content (AvgIpc) is 2.52. The molecule has 2 rings (SSSR count). The van der Waals surface area contributed by atoms with Crippen molar-refractivity contribution in [2.45, 2.75) is 6.92 Å². The first-order valence-corrected chi connectivity index (χ1v) is 6.72. The number of methoxy groups -OCH3 is 1. The lowest BCUT2D eigenvalue weighted by atomic mass is 10.1. The van der Waals surface area contributed by atoms with Gasteiger partial charge in [-0.3, -0.25) is 4.79 Å². The number of amides is 1. The molecule has 0 aromatic heterocycles. The molecule has 0 bridgehead atoms. The van der Waals surface area contributed by atoms with Crippen molar-refractivity contribution in [2.75, 3.05) is 7.11 Å². The van der Waals surface area contributed by atoms with Gasteiger partial charge in [-0.1, -0.05) is 29.8 Å². The molecule has 5 heteroatoms. The van der Waals surface area contributed by atoms with Crippen molar-refractivity contribution in [3.8, 4) is 5.75 Å². The van der Waals surface area contributed by atoms with Crippen molar-refractivity contribution in [3.05, 3.63) is 64.7 Å². The lowest BCUT2D eigenvalue weighted by molar-refractivity contribution is 0.0955. The van der Waals surface area contributed by atoms with Gasteiger partial charge in [0.25, 0.3) is 5.91 Å². The van der Waals surface area contributed by atoms with Crippen LogP contribution >= 0.6 is 11.6 Å². The van der Waals surface area contributed by atoms with Crippen LogP contribution in [-0.2, 0) is 0 Å². The van der Waals surface area contributed by atoms with Crippen LogP contribution in [-0.4, -0.2) is 18.7 Å². The maximum atomic E-state index is 12.0. The van der Waals surface area contributed by atoms with Crippen LogP contribution in [0.1, 0.15) is 22.8 Å². The van der Waals surface area contributed by atoms with Crippen molar-refractivity contribution >= 4 is 23.2 Å². The summed E-state index contributed by atoms with van der Waals surface area (Å²) in [6, 6.07) is 14.2. The molecule has 1 amide bonds. The third-order valence-electron chi connectivity index (χ3n) is 2.90. The normalized spacial score (nSPS) is 11.1. The van der Waals surface area contributed by atoms with Gasteiger partial charge in [0.2, 0.25) is 0 Å². The predicted octanol–water partition coefficient (Wildman–Crippen LogP) is 3.50. The van der Waals surface area contributed by atoms with E-state index in [-0.39, 0.29) is 5.91 Å². The second-order valence-corrected chi connectivity index (χ2v) is 4.82. The maximum Gasteiger partial charge on any atom is 0.271 e. The van der Waals surface area contributed by atoms with Crippen molar-refractivity contribution in [1.29, 1.82) is 0 Å². The number of carbonyl (C=O) groups is 1. The third kappa shape index (κ3) is 4.07. The Morgan fingerprint density at radius 2 is 1.86 bits per heavy atom. The molecule has 2 aromatic rings. The Labute approximate surface area is 128 Å². The summed E-state index contributed by atoms with van der Waals surface area (Å²) in [5.74, 6) is 0.433. The Morgan fingerprint density at radius 1 is 1.14 bits per heavy atom. The van der Waals surface area contributed by atoms with Crippen LogP contribution in [0.15, 0.2) is 53.6 Å². The number of carbonyl (C=O) groups excluding carboxylic acids is 1. The van der Waals surface area contributed by atoms with E-state index in [4.69, 9.17) is 16.3 Å². The van der Waals surface area contributed by atoms with Crippen LogP contribution in [0.4, 0.5) is 0 Å². The monoisotopic (exact) mass is 302 g/mol. The molecule has 0 heterocycles. The number of benzene rings is 2. The standard InChI is InChI=1S/C16H15ClN2O2/c1-11(12-5-4-8-15(10-12)21-2)18-19-16(20)13-6-3-7-14(17)9-13/h3-10H,1-2H3,(H,19,20). The molecule has 0 aliphatic rings. The van der Waals surface area contributed by atoms with Crippen LogP contribution < -0.4 is 10.2 Å². The fourth-order valence-corrected chi connectivity index (χ4v) is 1.93. The second kappa shape index (κ2) is 6.90. The molecule has 0 unspecified atom stereocenters. The summed E-state index contributed by atoms with van der Waals surface area (Å²) >= 11 is 5.85. The van der Waals surface area contributed by atoms with Gasteiger partial charge in [-0.05, 0) is 37.3 Å². The first-order chi connectivity index (χ1) is 10.1. The smallest absolute Gasteiger partial charge is 0.271 e. The minimum Gasteiger partial charge on any atom is -0.497 e. The molecular formula is C16H15ClN2O2. The number of halogens is 1. The number of nitrogens with zero attached hydrogens (tertiary/aromatic N) is 1. The van der Waals surface area contributed by atoms with Crippen LogP contribution in [0.3, 0.4) is 0 Å². The predicted molar refractivity (Wildman–Crippen MR) is 84.1 cm³/mol. The molecule has 4 nitrogen and oxygen atoms in total. The van der Waals surface area contributed by atoms with Crippen molar-refractivity contribution in [3.63, 3.8) is 0 Å². The SMILES string of the molecule is COc1cccc(C(C)=NNC(=O)c2cccc(Cl)c2)c1. The van der Waals surface area contributed by atoms with E-state index in [0.29, 0.717) is 16.3 Å². The van der Waals surface area contributed by atoms with Crippen molar-refractivity contribution < 1.29 is 9.53 Å². The summed E-state index contributed by atoms with van der Waals surface area (Å²) in [5.41, 5.74) is 4.53. The molecule has 0 radical (unpaired) electrons. The van der Waals surface area contributed by atoms with Gasteiger partial charge in [-0.2, -0.15) is 5.10 Å². The topological polar surface area (TPSA) is 50.7 Å². The third-order valence-corrected chi connectivity index (χ3v) is 3.13. The summed E-state index contributed by atoms with van der Waals surface area (Å²) in [6.45, 7) is 1.81. The zero-order chi connectivity index (χ0) is 15.2. The Bertz CT molecular complexity index is 683. The van der Waals surface area contributed by atoms with Crippen LogP contribution in [0.25, 0.3) is 0 Å². The summed E-state index contributed by atoms with van der Waals surface area (Å²) in [4.78, 5) is 12.0. The largest absolute Gasteiger partial charge is 0.497 e. The van der Waals surface area contributed by atoms with E-state index in [9.17, 15) is 4.79 Å². The molecule has 21 heavy (non-hydrogen) atoms. The van der Waals surface area contributed by atoms with E-state index in [1.165, 1.54) is 0 Å². The van der Waals surface area contributed by atoms with E-state index in [2.05, 4.69) is 10.5 Å². The average molecular weight is 303 g/mol. The Balaban J connectivity index is 2.11. The van der Waals surface area contributed by atoms with Gasteiger partial charge in [-0.25, -0.2) is 5.43 Å². The Hall–Kier alpha value is -2.33. The summed E-state index contributed by atoms with van der Waals surface area (Å²) in [7, 11) is 1.60. The van der Waals surface area contributed by atoms with Crippen LogP contribution in [0.2, 0.25) is 5.02 Å². The fourth-order valence-electron chi connectivity index (χ4n) is 1.74. The van der Waals surface area contributed by atoms with Crippen LogP contribution in [0.5, 0.6) is 5.75 Å². The van der Waals surface area contributed by atoms with Crippen molar-refractivity contribution in [1.82, 2.24) is 5.43 Å². The molecule has 0 atom stereocenters. The van der Waals surface area contributed by atoms with Gasteiger partial charge in [0.15, 0.2) is 0 Å². The summed E-state index contributed by atoms with van der Waals surface area (Å²) < 4.78 is 5.16. The number of ether oxygens (including phenoxy) is 1. The molecule has 0 saturated heterocycles. The highest BCUT2D eigenvalue weighted by Gasteiger charge is 2.05. The lowest BCUT2D eigenvalue weighted by Crippen LogP contribution is -2.19. The van der Waals surface area contributed by atoms with Gasteiger partial charge in [-0.15, -0.1) is 0 Å². The van der Waals surface area contributed by atoms with Gasteiger partial charge >= 0.3 is 0 Å². The Morgan fingerprint density at radius 3 is 2.57 bits per heavy atom. The minimum atomic E-state index is -0.306. The molecule has 108 valence electrons.